The predicted octanol–water partition coefficient (Wildman–Crippen LogP) is 6.39. The minimum absolute atomic E-state index is 0.173. The molecular formula is C30H24N4O3. The Morgan fingerprint density at radius 3 is 2.08 bits per heavy atom. The lowest BCUT2D eigenvalue weighted by Gasteiger charge is -2.12. The number of amides is 1. The van der Waals surface area contributed by atoms with Gasteiger partial charge in [-0.1, -0.05) is 54.6 Å². The molecule has 0 radical (unpaired) electrons. The molecule has 0 aliphatic carbocycles. The van der Waals surface area contributed by atoms with Crippen LogP contribution in [0.5, 0.6) is 0 Å². The SMILES string of the molecule is COC(=O)c1ccc(-c2nnc(Nc3ccc(C(=O)Nc4ccccc4C)cc3)c3ccccc23)cc1. The molecule has 0 saturated carbocycles. The van der Waals surface area contributed by atoms with Crippen LogP contribution in [0, 0.1) is 6.92 Å². The van der Waals surface area contributed by atoms with Crippen molar-refractivity contribution in [3.8, 4) is 11.3 Å². The second-order valence-electron chi connectivity index (χ2n) is 8.48. The summed E-state index contributed by atoms with van der Waals surface area (Å²) in [5.74, 6) is 0.0389. The van der Waals surface area contributed by atoms with Crippen molar-refractivity contribution < 1.29 is 14.3 Å². The zero-order valence-corrected chi connectivity index (χ0v) is 20.4. The summed E-state index contributed by atoms with van der Waals surface area (Å²) < 4.78 is 4.78. The zero-order valence-electron chi connectivity index (χ0n) is 20.4. The summed E-state index contributed by atoms with van der Waals surface area (Å²) in [5.41, 5.74) is 5.14. The monoisotopic (exact) mass is 488 g/mol. The van der Waals surface area contributed by atoms with Crippen LogP contribution in [0.15, 0.2) is 97.1 Å². The molecule has 0 fully saturated rings. The molecule has 7 heteroatoms. The van der Waals surface area contributed by atoms with Gasteiger partial charge in [0.1, 0.15) is 5.69 Å². The second-order valence-corrected chi connectivity index (χ2v) is 8.48. The van der Waals surface area contributed by atoms with Crippen molar-refractivity contribution in [1.82, 2.24) is 10.2 Å². The molecule has 1 amide bonds. The van der Waals surface area contributed by atoms with Crippen LogP contribution in [-0.2, 0) is 4.74 Å². The van der Waals surface area contributed by atoms with Gasteiger partial charge in [0.05, 0.1) is 12.7 Å². The van der Waals surface area contributed by atoms with Gasteiger partial charge in [0.25, 0.3) is 5.91 Å². The first-order valence-corrected chi connectivity index (χ1v) is 11.7. The van der Waals surface area contributed by atoms with E-state index in [1.54, 1.807) is 24.3 Å². The normalized spacial score (nSPS) is 10.6. The van der Waals surface area contributed by atoms with Gasteiger partial charge in [0.15, 0.2) is 5.82 Å². The molecule has 2 N–H and O–H groups in total. The number of hydrogen-bond donors (Lipinski definition) is 2. The molecule has 4 aromatic carbocycles. The quantitative estimate of drug-likeness (QED) is 0.269. The Morgan fingerprint density at radius 1 is 0.730 bits per heavy atom. The Balaban J connectivity index is 1.38. The van der Waals surface area contributed by atoms with Gasteiger partial charge in [-0.25, -0.2) is 4.79 Å². The third kappa shape index (κ3) is 5.01. The van der Waals surface area contributed by atoms with Gasteiger partial charge in [-0.2, -0.15) is 0 Å². The molecule has 0 unspecified atom stereocenters. The van der Waals surface area contributed by atoms with Crippen molar-refractivity contribution in [2.75, 3.05) is 17.7 Å². The van der Waals surface area contributed by atoms with Crippen LogP contribution < -0.4 is 10.6 Å². The maximum Gasteiger partial charge on any atom is 0.337 e. The van der Waals surface area contributed by atoms with Crippen molar-refractivity contribution in [2.24, 2.45) is 0 Å². The summed E-state index contributed by atoms with van der Waals surface area (Å²) >= 11 is 0. The van der Waals surface area contributed by atoms with Gasteiger partial charge >= 0.3 is 5.97 Å². The van der Waals surface area contributed by atoms with Gasteiger partial charge in [-0.3, -0.25) is 4.79 Å². The topological polar surface area (TPSA) is 93.2 Å². The van der Waals surface area contributed by atoms with Crippen molar-refractivity contribution in [2.45, 2.75) is 6.92 Å². The fraction of sp³-hybridized carbons (Fsp3) is 0.0667. The number of ether oxygens (including phenoxy) is 1. The summed E-state index contributed by atoms with van der Waals surface area (Å²) in [6, 6.07) is 29.8. The van der Waals surface area contributed by atoms with Crippen LogP contribution in [0.4, 0.5) is 17.2 Å². The first kappa shape index (κ1) is 23.7. The van der Waals surface area contributed by atoms with E-state index in [9.17, 15) is 9.59 Å². The third-order valence-corrected chi connectivity index (χ3v) is 6.07. The number of aromatic nitrogens is 2. The van der Waals surface area contributed by atoms with E-state index in [1.807, 2.05) is 79.7 Å². The van der Waals surface area contributed by atoms with E-state index in [0.29, 0.717) is 22.6 Å². The van der Waals surface area contributed by atoms with E-state index in [-0.39, 0.29) is 11.9 Å². The average Bonchev–Trinajstić information content (AvgIpc) is 2.94. The number of anilines is 3. The Hall–Kier alpha value is -5.04. The van der Waals surface area contributed by atoms with Crippen molar-refractivity contribution in [3.63, 3.8) is 0 Å². The fourth-order valence-electron chi connectivity index (χ4n) is 4.04. The predicted molar refractivity (Wildman–Crippen MR) is 145 cm³/mol. The minimum Gasteiger partial charge on any atom is -0.465 e. The largest absolute Gasteiger partial charge is 0.465 e. The fourth-order valence-corrected chi connectivity index (χ4v) is 4.04. The van der Waals surface area contributed by atoms with Gasteiger partial charge < -0.3 is 15.4 Å². The summed E-state index contributed by atoms with van der Waals surface area (Å²) in [6.07, 6.45) is 0. The lowest BCUT2D eigenvalue weighted by atomic mass is 10.0. The molecule has 1 aromatic heterocycles. The van der Waals surface area contributed by atoms with Crippen molar-refractivity contribution in [1.29, 1.82) is 0 Å². The number of aryl methyl sites for hydroxylation is 1. The summed E-state index contributed by atoms with van der Waals surface area (Å²) in [4.78, 5) is 24.4. The number of nitrogens with zero attached hydrogens (tertiary/aromatic N) is 2. The van der Waals surface area contributed by atoms with Gasteiger partial charge in [0.2, 0.25) is 0 Å². The highest BCUT2D eigenvalue weighted by Crippen LogP contribution is 2.31. The third-order valence-electron chi connectivity index (χ3n) is 6.07. The highest BCUT2D eigenvalue weighted by molar-refractivity contribution is 6.05. The van der Waals surface area contributed by atoms with E-state index in [0.717, 1.165) is 33.3 Å². The standard InChI is InChI=1S/C30H24N4O3/c1-19-7-3-6-10-26(19)32-29(35)21-15-17-23(18-16-21)31-28-25-9-5-4-8-24(25)27(33-34-28)20-11-13-22(14-12-20)30(36)37-2/h3-18H,1-2H3,(H,31,34)(H,32,35). The molecule has 0 bridgehead atoms. The first-order chi connectivity index (χ1) is 18.0. The molecule has 0 aliphatic heterocycles. The number of carbonyl (C=O) groups is 2. The van der Waals surface area contributed by atoms with E-state index < -0.39 is 0 Å². The second kappa shape index (κ2) is 10.3. The van der Waals surface area contributed by atoms with E-state index in [2.05, 4.69) is 20.8 Å². The number of nitrogens with one attached hydrogen (secondary N) is 2. The van der Waals surface area contributed by atoms with Gasteiger partial charge in [-0.05, 0) is 55.0 Å². The van der Waals surface area contributed by atoms with Gasteiger partial charge in [0, 0.05) is 33.3 Å². The zero-order chi connectivity index (χ0) is 25.8. The van der Waals surface area contributed by atoms with Crippen LogP contribution in [0.25, 0.3) is 22.0 Å². The maximum absolute atomic E-state index is 12.7. The van der Waals surface area contributed by atoms with Crippen LogP contribution in [0.1, 0.15) is 26.3 Å². The molecule has 5 rings (SSSR count). The van der Waals surface area contributed by atoms with Crippen LogP contribution in [0.3, 0.4) is 0 Å². The van der Waals surface area contributed by atoms with Crippen molar-refractivity contribution in [3.05, 3.63) is 114 Å². The molecule has 5 aromatic rings. The summed E-state index contributed by atoms with van der Waals surface area (Å²) in [7, 11) is 1.36. The first-order valence-electron chi connectivity index (χ1n) is 11.7. The number of methoxy groups -OCH3 is 1. The van der Waals surface area contributed by atoms with Crippen molar-refractivity contribution >= 4 is 39.8 Å². The van der Waals surface area contributed by atoms with Crippen LogP contribution in [0.2, 0.25) is 0 Å². The lowest BCUT2D eigenvalue weighted by Crippen LogP contribution is -2.12. The highest BCUT2D eigenvalue weighted by Gasteiger charge is 2.13. The molecule has 0 atom stereocenters. The number of para-hydroxylation sites is 1. The Kier molecular flexibility index (Phi) is 6.59. The molecule has 0 spiro atoms. The van der Waals surface area contributed by atoms with E-state index >= 15 is 0 Å². The Bertz CT molecular complexity index is 1600. The molecule has 182 valence electrons. The van der Waals surface area contributed by atoms with Crippen LogP contribution in [-0.4, -0.2) is 29.2 Å². The number of benzene rings is 4. The summed E-state index contributed by atoms with van der Waals surface area (Å²) in [6.45, 7) is 1.96. The summed E-state index contributed by atoms with van der Waals surface area (Å²) in [5, 5.41) is 17.0. The molecule has 7 nitrogen and oxygen atoms in total. The number of rotatable bonds is 6. The lowest BCUT2D eigenvalue weighted by molar-refractivity contribution is 0.0600. The van der Waals surface area contributed by atoms with Crippen LogP contribution >= 0.6 is 0 Å². The van der Waals surface area contributed by atoms with E-state index in [1.165, 1.54) is 7.11 Å². The maximum atomic E-state index is 12.7. The number of fused-ring (bicyclic) bond motifs is 1. The molecule has 0 aliphatic rings. The van der Waals surface area contributed by atoms with E-state index in [4.69, 9.17) is 4.74 Å². The number of carbonyl (C=O) groups excluding carboxylic acids is 2. The smallest absolute Gasteiger partial charge is 0.337 e. The highest BCUT2D eigenvalue weighted by atomic mass is 16.5. The average molecular weight is 489 g/mol. The number of esters is 1. The minimum atomic E-state index is -0.388. The molecule has 37 heavy (non-hydrogen) atoms. The van der Waals surface area contributed by atoms with Gasteiger partial charge in [-0.15, -0.1) is 10.2 Å². The Morgan fingerprint density at radius 2 is 1.38 bits per heavy atom. The number of hydrogen-bond acceptors (Lipinski definition) is 6. The molecule has 1 heterocycles. The molecular weight excluding hydrogens is 464 g/mol. The molecule has 0 saturated heterocycles. The Labute approximate surface area is 214 Å².